The van der Waals surface area contributed by atoms with Gasteiger partial charge in [-0.25, -0.2) is 8.42 Å². The second kappa shape index (κ2) is 5.79. The third-order valence-electron chi connectivity index (χ3n) is 4.09. The predicted molar refractivity (Wildman–Crippen MR) is 75.7 cm³/mol. The molecule has 1 aliphatic rings. The lowest BCUT2D eigenvalue weighted by Crippen LogP contribution is -2.43. The van der Waals surface area contributed by atoms with Crippen LogP contribution in [0, 0.1) is 11.3 Å². The first-order valence-electron chi connectivity index (χ1n) is 7.02. The number of aromatic nitrogens is 2. The van der Waals surface area contributed by atoms with Crippen LogP contribution >= 0.6 is 0 Å². The summed E-state index contributed by atoms with van der Waals surface area (Å²) in [5, 5.41) is 13.2. The van der Waals surface area contributed by atoms with Crippen LogP contribution in [0.25, 0.3) is 0 Å². The van der Waals surface area contributed by atoms with Gasteiger partial charge in [0.1, 0.15) is 0 Å². The smallest absolute Gasteiger partial charge is 0.264 e. The number of nitriles is 1. The Hall–Kier alpha value is -1.60. The van der Waals surface area contributed by atoms with E-state index in [-0.39, 0.29) is 25.3 Å². The minimum Gasteiger partial charge on any atom is -0.264 e. The molecule has 2 heterocycles. The number of halogens is 3. The van der Waals surface area contributed by atoms with Crippen molar-refractivity contribution in [1.29, 1.82) is 5.26 Å². The van der Waals surface area contributed by atoms with Gasteiger partial charge in [-0.15, -0.1) is 0 Å². The van der Waals surface area contributed by atoms with Gasteiger partial charge in [0.25, 0.3) is 0 Å². The number of sulfonamides is 1. The highest BCUT2D eigenvalue weighted by Gasteiger charge is 2.55. The van der Waals surface area contributed by atoms with Crippen LogP contribution in [0.5, 0.6) is 0 Å². The fraction of sp³-hybridized carbons (Fsp3) is 0.692. The van der Waals surface area contributed by atoms with E-state index in [1.807, 2.05) is 19.9 Å². The minimum atomic E-state index is -5.40. The summed E-state index contributed by atoms with van der Waals surface area (Å²) in [6.07, 6.45) is 3.25. The highest BCUT2D eigenvalue weighted by atomic mass is 32.2. The second-order valence-electron chi connectivity index (χ2n) is 5.97. The van der Waals surface area contributed by atoms with E-state index >= 15 is 0 Å². The maximum absolute atomic E-state index is 12.7. The molecular formula is C13H17F3N4O2S. The van der Waals surface area contributed by atoms with Crippen molar-refractivity contribution in [3.63, 3.8) is 0 Å². The summed E-state index contributed by atoms with van der Waals surface area (Å²) in [6.45, 7) is 3.17. The molecule has 0 N–H and O–H groups in total. The summed E-state index contributed by atoms with van der Waals surface area (Å²) >= 11 is 0. The van der Waals surface area contributed by atoms with Crippen LogP contribution in [-0.4, -0.2) is 41.1 Å². The molecule has 10 heteroatoms. The molecule has 128 valence electrons. The molecule has 0 amide bonds. The van der Waals surface area contributed by atoms with Gasteiger partial charge in [-0.2, -0.15) is 27.8 Å². The van der Waals surface area contributed by atoms with E-state index in [9.17, 15) is 21.6 Å². The Morgan fingerprint density at radius 3 is 2.61 bits per heavy atom. The van der Waals surface area contributed by atoms with Crippen molar-refractivity contribution in [3.8, 4) is 6.07 Å². The summed E-state index contributed by atoms with van der Waals surface area (Å²) in [6, 6.07) is 1.93. The number of rotatable bonds is 4. The summed E-state index contributed by atoms with van der Waals surface area (Å²) in [5.74, 6) is 0.166. The summed E-state index contributed by atoms with van der Waals surface area (Å²) in [4.78, 5) is 0. The lowest BCUT2D eigenvalue weighted by atomic mass is 9.95. The Labute approximate surface area is 132 Å². The van der Waals surface area contributed by atoms with Crippen molar-refractivity contribution < 1.29 is 21.6 Å². The molecule has 0 bridgehead atoms. The molecule has 1 saturated heterocycles. The van der Waals surface area contributed by atoms with Gasteiger partial charge in [0.15, 0.2) is 0 Å². The van der Waals surface area contributed by atoms with E-state index in [1.165, 1.54) is 4.68 Å². The van der Waals surface area contributed by atoms with Crippen LogP contribution in [0.2, 0.25) is 0 Å². The average molecular weight is 350 g/mol. The minimum absolute atomic E-state index is 0.106. The summed E-state index contributed by atoms with van der Waals surface area (Å²) < 4.78 is 63.1. The van der Waals surface area contributed by atoms with E-state index in [2.05, 4.69) is 5.10 Å². The lowest BCUT2D eigenvalue weighted by Gasteiger charge is -2.27. The van der Waals surface area contributed by atoms with Crippen molar-refractivity contribution in [1.82, 2.24) is 14.1 Å². The molecule has 0 aliphatic carbocycles. The zero-order chi connectivity index (χ0) is 17.5. The first kappa shape index (κ1) is 17.7. The van der Waals surface area contributed by atoms with Crippen LogP contribution in [-0.2, 0) is 15.6 Å². The number of nitrogens with zero attached hydrogens (tertiary/aromatic N) is 4. The third kappa shape index (κ3) is 3.07. The maximum atomic E-state index is 12.7. The van der Waals surface area contributed by atoms with Crippen molar-refractivity contribution >= 4 is 10.0 Å². The number of alkyl halides is 3. The van der Waals surface area contributed by atoms with E-state index in [0.717, 1.165) is 5.56 Å². The normalized spacial score (nSPS) is 23.3. The molecule has 1 aliphatic heterocycles. The molecule has 0 radical (unpaired) electrons. The summed E-state index contributed by atoms with van der Waals surface area (Å²) in [7, 11) is -5.40. The monoisotopic (exact) mass is 350 g/mol. The zero-order valence-electron chi connectivity index (χ0n) is 12.7. The molecule has 1 aromatic rings. The quantitative estimate of drug-likeness (QED) is 0.834. The lowest BCUT2D eigenvalue weighted by molar-refractivity contribution is -0.0485. The van der Waals surface area contributed by atoms with Gasteiger partial charge < -0.3 is 0 Å². The molecule has 1 aromatic heterocycles. The Kier molecular flexibility index (Phi) is 4.47. The number of hydrogen-bond acceptors (Lipinski definition) is 4. The Balaban J connectivity index is 2.36. The van der Waals surface area contributed by atoms with E-state index in [4.69, 9.17) is 5.26 Å². The molecular weight excluding hydrogens is 333 g/mol. The fourth-order valence-electron chi connectivity index (χ4n) is 2.62. The van der Waals surface area contributed by atoms with Gasteiger partial charge in [0.05, 0.1) is 24.2 Å². The predicted octanol–water partition coefficient (Wildman–Crippen LogP) is 2.17. The maximum Gasteiger partial charge on any atom is 0.511 e. The number of hydrogen-bond donors (Lipinski definition) is 0. The van der Waals surface area contributed by atoms with Gasteiger partial charge in [0.2, 0.25) is 0 Å². The molecule has 1 fully saturated rings. The average Bonchev–Trinajstić information content (AvgIpc) is 3.04. The first-order valence-corrected chi connectivity index (χ1v) is 8.46. The van der Waals surface area contributed by atoms with Gasteiger partial charge in [-0.1, -0.05) is 13.8 Å². The Morgan fingerprint density at radius 1 is 1.48 bits per heavy atom. The van der Waals surface area contributed by atoms with Crippen LogP contribution in [0.3, 0.4) is 0 Å². The zero-order valence-corrected chi connectivity index (χ0v) is 13.5. The SMILES string of the molecule is CC(C)c1cnn(C2(CC#N)CCN(S(=O)(=O)C(F)(F)F)C2)c1. The van der Waals surface area contributed by atoms with Crippen LogP contribution in [0.1, 0.15) is 38.2 Å². The highest BCUT2D eigenvalue weighted by molar-refractivity contribution is 7.90. The molecule has 2 rings (SSSR count). The second-order valence-corrected chi connectivity index (χ2v) is 7.90. The molecule has 6 nitrogen and oxygen atoms in total. The van der Waals surface area contributed by atoms with Gasteiger partial charge in [-0.3, -0.25) is 4.68 Å². The third-order valence-corrected chi connectivity index (χ3v) is 5.67. The highest BCUT2D eigenvalue weighted by Crippen LogP contribution is 2.38. The molecule has 0 saturated carbocycles. The van der Waals surface area contributed by atoms with Crippen molar-refractivity contribution in [2.75, 3.05) is 13.1 Å². The topological polar surface area (TPSA) is 79.0 Å². The molecule has 23 heavy (non-hydrogen) atoms. The van der Waals surface area contributed by atoms with E-state index in [0.29, 0.717) is 4.31 Å². The van der Waals surface area contributed by atoms with E-state index < -0.39 is 27.6 Å². The Bertz CT molecular complexity index is 720. The standard InChI is InChI=1S/C13H17F3N4O2S/c1-10(2)11-7-18-20(8-11)12(3-5-17)4-6-19(9-12)23(21,22)13(14,15)16/h7-8,10H,3-4,6,9H2,1-2H3. The fourth-order valence-corrected chi connectivity index (χ4v) is 3.66. The van der Waals surface area contributed by atoms with Gasteiger partial charge >= 0.3 is 15.5 Å². The van der Waals surface area contributed by atoms with Gasteiger partial charge in [0, 0.05) is 19.3 Å². The van der Waals surface area contributed by atoms with Crippen LogP contribution < -0.4 is 0 Å². The molecule has 1 unspecified atom stereocenters. The van der Waals surface area contributed by atoms with Crippen molar-refractivity contribution in [3.05, 3.63) is 18.0 Å². The molecule has 1 atom stereocenters. The first-order chi connectivity index (χ1) is 10.5. The van der Waals surface area contributed by atoms with Crippen molar-refractivity contribution in [2.45, 2.75) is 43.7 Å². The van der Waals surface area contributed by atoms with Crippen LogP contribution in [0.4, 0.5) is 13.2 Å². The van der Waals surface area contributed by atoms with E-state index in [1.54, 1.807) is 12.4 Å². The van der Waals surface area contributed by atoms with Gasteiger partial charge in [-0.05, 0) is 17.9 Å². The Morgan fingerprint density at radius 2 is 2.13 bits per heavy atom. The van der Waals surface area contributed by atoms with Crippen LogP contribution in [0.15, 0.2) is 12.4 Å². The largest absolute Gasteiger partial charge is 0.511 e. The van der Waals surface area contributed by atoms with Crippen molar-refractivity contribution in [2.24, 2.45) is 0 Å². The summed E-state index contributed by atoms with van der Waals surface area (Å²) in [5.41, 5.74) is -5.54. The molecule has 0 aromatic carbocycles. The molecule has 0 spiro atoms.